The third-order valence-electron chi connectivity index (χ3n) is 3.95. The zero-order valence-corrected chi connectivity index (χ0v) is 12.4. The molecule has 1 amide bonds. The van der Waals surface area contributed by atoms with Gasteiger partial charge in [0, 0.05) is 38.5 Å². The molecule has 1 saturated heterocycles. The molecule has 2 N–H and O–H groups in total. The van der Waals surface area contributed by atoms with Crippen LogP contribution in [0.2, 0.25) is 0 Å². The third kappa shape index (κ3) is 6.39. The highest BCUT2D eigenvalue weighted by Crippen LogP contribution is 2.19. The summed E-state index contributed by atoms with van der Waals surface area (Å²) in [4.78, 5) is 11.9. The molecule has 0 aromatic heterocycles. The Balaban J connectivity index is 2.18. The Morgan fingerprint density at radius 2 is 2.00 bits per heavy atom. The quantitative estimate of drug-likeness (QED) is 0.666. The van der Waals surface area contributed by atoms with Crippen LogP contribution in [-0.2, 0) is 9.53 Å². The molecule has 0 saturated carbocycles. The Hall–Kier alpha value is -0.610. The van der Waals surface area contributed by atoms with Gasteiger partial charge in [0.15, 0.2) is 0 Å². The monoisotopic (exact) mass is 271 g/mol. The van der Waals surface area contributed by atoms with E-state index in [0.29, 0.717) is 32.6 Å². The lowest BCUT2D eigenvalue weighted by atomic mass is 9.94. The van der Waals surface area contributed by atoms with Crippen molar-refractivity contribution >= 4 is 5.91 Å². The van der Waals surface area contributed by atoms with Gasteiger partial charge in [0.25, 0.3) is 0 Å². The number of unbranched alkanes of at least 4 members (excludes halogenated alkanes) is 3. The summed E-state index contributed by atoms with van der Waals surface area (Å²) in [6.07, 6.45) is 6.93. The van der Waals surface area contributed by atoms with Gasteiger partial charge in [-0.1, -0.05) is 39.5 Å². The van der Waals surface area contributed by atoms with E-state index in [9.17, 15) is 9.90 Å². The molecule has 1 heterocycles. The van der Waals surface area contributed by atoms with Gasteiger partial charge in [-0.2, -0.15) is 0 Å². The molecule has 1 atom stereocenters. The van der Waals surface area contributed by atoms with Crippen molar-refractivity contribution in [2.24, 2.45) is 5.92 Å². The van der Waals surface area contributed by atoms with Crippen molar-refractivity contribution in [3.8, 4) is 0 Å². The van der Waals surface area contributed by atoms with Gasteiger partial charge in [-0.3, -0.25) is 4.79 Å². The standard InChI is InChI=1S/C15H29NO3/c1-3-4-5-6-7-13(2)14(17)16-12-15(18)8-10-19-11-9-15/h13,18H,3-12H2,1-2H3,(H,16,17). The minimum absolute atomic E-state index is 0.0419. The molecule has 0 radical (unpaired) electrons. The summed E-state index contributed by atoms with van der Waals surface area (Å²) >= 11 is 0. The smallest absolute Gasteiger partial charge is 0.222 e. The maximum absolute atomic E-state index is 11.9. The van der Waals surface area contributed by atoms with Gasteiger partial charge in [-0.05, 0) is 6.42 Å². The molecule has 0 aromatic carbocycles. The SMILES string of the molecule is CCCCCCC(C)C(=O)NCC1(O)CCOCC1. The number of ether oxygens (including phenoxy) is 1. The van der Waals surface area contributed by atoms with Gasteiger partial charge in [-0.25, -0.2) is 0 Å². The van der Waals surface area contributed by atoms with Crippen LogP contribution < -0.4 is 5.32 Å². The molecule has 0 spiro atoms. The largest absolute Gasteiger partial charge is 0.388 e. The topological polar surface area (TPSA) is 58.6 Å². The lowest BCUT2D eigenvalue weighted by molar-refractivity contribution is -0.127. The number of aliphatic hydroxyl groups is 1. The number of nitrogens with one attached hydrogen (secondary N) is 1. The molecule has 1 unspecified atom stereocenters. The Bertz CT molecular complexity index is 262. The van der Waals surface area contributed by atoms with Gasteiger partial charge in [0.05, 0.1) is 5.60 Å². The minimum atomic E-state index is -0.768. The highest BCUT2D eigenvalue weighted by Gasteiger charge is 2.30. The van der Waals surface area contributed by atoms with Crippen LogP contribution in [0.4, 0.5) is 0 Å². The Morgan fingerprint density at radius 1 is 1.32 bits per heavy atom. The van der Waals surface area contributed by atoms with Crippen molar-refractivity contribution < 1.29 is 14.6 Å². The second kappa shape index (κ2) is 8.54. The van der Waals surface area contributed by atoms with Crippen LogP contribution in [0.1, 0.15) is 58.8 Å². The van der Waals surface area contributed by atoms with Crippen molar-refractivity contribution in [1.29, 1.82) is 0 Å². The van der Waals surface area contributed by atoms with Crippen LogP contribution in [0, 0.1) is 5.92 Å². The van der Waals surface area contributed by atoms with Crippen LogP contribution in [-0.4, -0.2) is 36.4 Å². The molecular weight excluding hydrogens is 242 g/mol. The predicted octanol–water partition coefficient (Wildman–Crippen LogP) is 2.25. The van der Waals surface area contributed by atoms with Crippen molar-refractivity contribution in [2.75, 3.05) is 19.8 Å². The minimum Gasteiger partial charge on any atom is -0.388 e. The summed E-state index contributed by atoms with van der Waals surface area (Å²) in [5.41, 5.74) is -0.768. The van der Waals surface area contributed by atoms with Crippen molar-refractivity contribution in [2.45, 2.75) is 64.4 Å². The Morgan fingerprint density at radius 3 is 2.63 bits per heavy atom. The summed E-state index contributed by atoms with van der Waals surface area (Å²) in [5, 5.41) is 13.1. The molecule has 0 aromatic rings. The van der Waals surface area contributed by atoms with Gasteiger partial charge < -0.3 is 15.2 Å². The molecule has 0 aliphatic carbocycles. The lowest BCUT2D eigenvalue weighted by Gasteiger charge is -2.32. The van der Waals surface area contributed by atoms with Gasteiger partial charge in [0.2, 0.25) is 5.91 Å². The second-order valence-corrected chi connectivity index (χ2v) is 5.80. The number of rotatable bonds is 8. The highest BCUT2D eigenvalue weighted by atomic mass is 16.5. The first-order valence-electron chi connectivity index (χ1n) is 7.65. The molecule has 1 fully saturated rings. The first-order chi connectivity index (χ1) is 9.07. The highest BCUT2D eigenvalue weighted by molar-refractivity contribution is 5.78. The van der Waals surface area contributed by atoms with E-state index in [-0.39, 0.29) is 11.8 Å². The van der Waals surface area contributed by atoms with Crippen LogP contribution in [0.25, 0.3) is 0 Å². The number of amides is 1. The molecule has 19 heavy (non-hydrogen) atoms. The maximum atomic E-state index is 11.9. The van der Waals surface area contributed by atoms with Crippen LogP contribution >= 0.6 is 0 Å². The normalized spacial score (nSPS) is 19.9. The second-order valence-electron chi connectivity index (χ2n) is 5.80. The van der Waals surface area contributed by atoms with Crippen molar-refractivity contribution in [3.05, 3.63) is 0 Å². The predicted molar refractivity (Wildman–Crippen MR) is 75.9 cm³/mol. The first-order valence-corrected chi connectivity index (χ1v) is 7.65. The Kier molecular flexibility index (Phi) is 7.39. The average Bonchev–Trinajstić information content (AvgIpc) is 2.41. The summed E-state index contributed by atoms with van der Waals surface area (Å²) in [5.74, 6) is 0.108. The summed E-state index contributed by atoms with van der Waals surface area (Å²) in [6.45, 7) is 5.67. The molecule has 4 heteroatoms. The van der Waals surface area contributed by atoms with Crippen molar-refractivity contribution in [3.63, 3.8) is 0 Å². The molecule has 1 aliphatic heterocycles. The van der Waals surface area contributed by atoms with E-state index in [4.69, 9.17) is 4.74 Å². The summed E-state index contributed by atoms with van der Waals surface area (Å²) < 4.78 is 5.22. The van der Waals surface area contributed by atoms with Gasteiger partial charge in [0.1, 0.15) is 0 Å². The Labute approximate surface area is 116 Å². The van der Waals surface area contributed by atoms with Crippen molar-refractivity contribution in [1.82, 2.24) is 5.32 Å². The number of hydrogen-bond donors (Lipinski definition) is 2. The molecule has 4 nitrogen and oxygen atoms in total. The first kappa shape index (κ1) is 16.4. The summed E-state index contributed by atoms with van der Waals surface area (Å²) in [7, 11) is 0. The number of hydrogen-bond acceptors (Lipinski definition) is 3. The average molecular weight is 271 g/mol. The van der Waals surface area contributed by atoms with Gasteiger partial charge >= 0.3 is 0 Å². The van der Waals surface area contributed by atoms with E-state index in [1.54, 1.807) is 0 Å². The van der Waals surface area contributed by atoms with Crippen LogP contribution in [0.5, 0.6) is 0 Å². The molecular formula is C15H29NO3. The fourth-order valence-electron chi connectivity index (χ4n) is 2.36. The fraction of sp³-hybridized carbons (Fsp3) is 0.933. The number of carbonyl (C=O) groups is 1. The fourth-order valence-corrected chi connectivity index (χ4v) is 2.36. The van der Waals surface area contributed by atoms with E-state index in [1.165, 1.54) is 19.3 Å². The molecule has 0 bridgehead atoms. The van der Waals surface area contributed by atoms with E-state index in [2.05, 4.69) is 12.2 Å². The summed E-state index contributed by atoms with van der Waals surface area (Å²) in [6, 6.07) is 0. The van der Waals surface area contributed by atoms with E-state index in [0.717, 1.165) is 12.8 Å². The van der Waals surface area contributed by atoms with E-state index >= 15 is 0 Å². The van der Waals surface area contributed by atoms with E-state index < -0.39 is 5.60 Å². The molecule has 112 valence electrons. The zero-order chi connectivity index (χ0) is 14.1. The van der Waals surface area contributed by atoms with Crippen LogP contribution in [0.15, 0.2) is 0 Å². The lowest BCUT2D eigenvalue weighted by Crippen LogP contribution is -2.47. The van der Waals surface area contributed by atoms with E-state index in [1.807, 2.05) is 6.92 Å². The molecule has 1 aliphatic rings. The maximum Gasteiger partial charge on any atom is 0.222 e. The third-order valence-corrected chi connectivity index (χ3v) is 3.95. The zero-order valence-electron chi connectivity index (χ0n) is 12.4. The van der Waals surface area contributed by atoms with Gasteiger partial charge in [-0.15, -0.1) is 0 Å². The number of carbonyl (C=O) groups excluding carboxylic acids is 1. The molecule has 1 rings (SSSR count). The van der Waals surface area contributed by atoms with Crippen LogP contribution in [0.3, 0.4) is 0 Å².